The number of rotatable bonds is 2. The molecule has 2 aromatic rings. The van der Waals surface area contributed by atoms with Crippen LogP contribution in [0.4, 0.5) is 0 Å². The smallest absolute Gasteiger partial charge is 0.272 e. The molecule has 4 nitrogen and oxygen atoms in total. The minimum Gasteiger partial charge on any atom is -0.337 e. The maximum Gasteiger partial charge on any atom is 0.272 e. The lowest BCUT2D eigenvalue weighted by atomic mass is 10.0. The molecule has 0 saturated carbocycles. The molecule has 1 aliphatic heterocycles. The minimum absolute atomic E-state index is 0.0234. The largest absolute Gasteiger partial charge is 0.337 e. The average molecular weight is 283 g/mol. The van der Waals surface area contributed by atoms with Crippen LogP contribution in [0.1, 0.15) is 23.3 Å². The Morgan fingerprint density at radius 3 is 2.67 bits per heavy atom. The highest BCUT2D eigenvalue weighted by Crippen LogP contribution is 2.18. The number of amides is 1. The Kier molecular flexibility index (Phi) is 3.88. The van der Waals surface area contributed by atoms with Crippen molar-refractivity contribution in [1.82, 2.24) is 14.8 Å². The number of carbonyl (C=O) groups excluding carboxylic acids is 1. The van der Waals surface area contributed by atoms with Crippen LogP contribution in [-0.4, -0.2) is 53.9 Å². The Morgan fingerprint density at radius 1 is 1.19 bits per heavy atom. The van der Waals surface area contributed by atoms with E-state index in [0.717, 1.165) is 36.8 Å². The van der Waals surface area contributed by atoms with E-state index in [2.05, 4.69) is 16.9 Å². The molecule has 4 heteroatoms. The SMILES string of the molecule is CN1CCC(N(C)C(=O)c2ccc3ccccc3n2)CC1. The third-order valence-electron chi connectivity index (χ3n) is 4.37. The molecular weight excluding hydrogens is 262 g/mol. The van der Waals surface area contributed by atoms with Gasteiger partial charge in [0.15, 0.2) is 0 Å². The molecule has 0 unspecified atom stereocenters. The molecule has 3 rings (SSSR count). The molecule has 0 atom stereocenters. The molecule has 1 amide bonds. The van der Waals surface area contributed by atoms with E-state index in [-0.39, 0.29) is 5.91 Å². The van der Waals surface area contributed by atoms with Crippen LogP contribution < -0.4 is 0 Å². The van der Waals surface area contributed by atoms with Gasteiger partial charge in [0.1, 0.15) is 5.69 Å². The number of benzene rings is 1. The molecule has 0 bridgehead atoms. The van der Waals surface area contributed by atoms with E-state index in [1.807, 2.05) is 48.3 Å². The predicted octanol–water partition coefficient (Wildman–Crippen LogP) is 2.40. The number of hydrogen-bond donors (Lipinski definition) is 0. The molecule has 110 valence electrons. The average Bonchev–Trinajstić information content (AvgIpc) is 2.54. The standard InChI is InChI=1S/C17H21N3O/c1-19-11-9-14(10-12-19)20(2)17(21)16-8-7-13-5-3-4-6-15(13)18-16/h3-8,14H,9-12H2,1-2H3. The molecule has 1 saturated heterocycles. The Morgan fingerprint density at radius 2 is 1.90 bits per heavy atom. The van der Waals surface area contributed by atoms with Crippen molar-refractivity contribution in [1.29, 1.82) is 0 Å². The van der Waals surface area contributed by atoms with E-state index in [0.29, 0.717) is 11.7 Å². The van der Waals surface area contributed by atoms with E-state index >= 15 is 0 Å². The lowest BCUT2D eigenvalue weighted by Crippen LogP contribution is -2.44. The molecule has 1 fully saturated rings. The van der Waals surface area contributed by atoms with Gasteiger partial charge in [-0.1, -0.05) is 24.3 Å². The van der Waals surface area contributed by atoms with Gasteiger partial charge >= 0.3 is 0 Å². The van der Waals surface area contributed by atoms with E-state index in [1.54, 1.807) is 0 Å². The van der Waals surface area contributed by atoms with Crippen molar-refractivity contribution >= 4 is 16.8 Å². The summed E-state index contributed by atoms with van der Waals surface area (Å²) in [5.74, 6) is 0.0234. The number of para-hydroxylation sites is 1. The second kappa shape index (κ2) is 5.82. The number of nitrogens with zero attached hydrogens (tertiary/aromatic N) is 3. The van der Waals surface area contributed by atoms with Crippen LogP contribution in [0.2, 0.25) is 0 Å². The van der Waals surface area contributed by atoms with Crippen LogP contribution in [0, 0.1) is 0 Å². The summed E-state index contributed by atoms with van der Waals surface area (Å²) in [7, 11) is 4.03. The fraction of sp³-hybridized carbons (Fsp3) is 0.412. The first-order chi connectivity index (χ1) is 10.1. The second-order valence-corrected chi connectivity index (χ2v) is 5.84. The summed E-state index contributed by atoms with van der Waals surface area (Å²) < 4.78 is 0. The Balaban J connectivity index is 1.79. The highest BCUT2D eigenvalue weighted by atomic mass is 16.2. The zero-order valence-corrected chi connectivity index (χ0v) is 12.6. The van der Waals surface area contributed by atoms with Gasteiger partial charge in [-0.25, -0.2) is 4.98 Å². The van der Waals surface area contributed by atoms with E-state index in [4.69, 9.17) is 0 Å². The number of fused-ring (bicyclic) bond motifs is 1. The predicted molar refractivity (Wildman–Crippen MR) is 84.4 cm³/mol. The van der Waals surface area contributed by atoms with Gasteiger partial charge in [-0.05, 0) is 45.1 Å². The summed E-state index contributed by atoms with van der Waals surface area (Å²) in [5.41, 5.74) is 1.41. The summed E-state index contributed by atoms with van der Waals surface area (Å²) in [5, 5.41) is 1.07. The van der Waals surface area contributed by atoms with Gasteiger partial charge in [0, 0.05) is 18.5 Å². The van der Waals surface area contributed by atoms with Crippen LogP contribution in [0.3, 0.4) is 0 Å². The van der Waals surface area contributed by atoms with Gasteiger partial charge < -0.3 is 9.80 Å². The van der Waals surface area contributed by atoms with Crippen LogP contribution in [0.15, 0.2) is 36.4 Å². The quantitative estimate of drug-likeness (QED) is 0.849. The van der Waals surface area contributed by atoms with Crippen LogP contribution in [0.5, 0.6) is 0 Å². The fourth-order valence-corrected chi connectivity index (χ4v) is 2.91. The van der Waals surface area contributed by atoms with Gasteiger partial charge in [-0.2, -0.15) is 0 Å². The van der Waals surface area contributed by atoms with Crippen molar-refractivity contribution in [2.24, 2.45) is 0 Å². The third-order valence-corrected chi connectivity index (χ3v) is 4.37. The lowest BCUT2D eigenvalue weighted by molar-refractivity contribution is 0.0654. The zero-order valence-electron chi connectivity index (χ0n) is 12.6. The van der Waals surface area contributed by atoms with Crippen LogP contribution >= 0.6 is 0 Å². The summed E-state index contributed by atoms with van der Waals surface area (Å²) in [6, 6.07) is 12.0. The lowest BCUT2D eigenvalue weighted by Gasteiger charge is -2.34. The van der Waals surface area contributed by atoms with Crippen LogP contribution in [0.25, 0.3) is 10.9 Å². The van der Waals surface area contributed by atoms with E-state index in [1.165, 1.54) is 0 Å². The highest BCUT2D eigenvalue weighted by molar-refractivity contribution is 5.94. The maximum absolute atomic E-state index is 12.6. The maximum atomic E-state index is 12.6. The molecule has 1 aromatic heterocycles. The fourth-order valence-electron chi connectivity index (χ4n) is 2.91. The molecular formula is C17H21N3O. The summed E-state index contributed by atoms with van der Waals surface area (Å²) in [4.78, 5) is 21.3. The normalized spacial score (nSPS) is 17.0. The highest BCUT2D eigenvalue weighted by Gasteiger charge is 2.25. The van der Waals surface area contributed by atoms with Crippen molar-refractivity contribution in [3.8, 4) is 0 Å². The molecule has 0 radical (unpaired) electrons. The topological polar surface area (TPSA) is 36.4 Å². The van der Waals surface area contributed by atoms with Crippen molar-refractivity contribution in [2.75, 3.05) is 27.2 Å². The number of likely N-dealkylation sites (tertiary alicyclic amines) is 1. The van der Waals surface area contributed by atoms with Crippen molar-refractivity contribution in [2.45, 2.75) is 18.9 Å². The number of hydrogen-bond acceptors (Lipinski definition) is 3. The van der Waals surface area contributed by atoms with E-state index in [9.17, 15) is 4.79 Å². The number of pyridine rings is 1. The minimum atomic E-state index is 0.0234. The van der Waals surface area contributed by atoms with Gasteiger partial charge in [-0.3, -0.25) is 4.79 Å². The van der Waals surface area contributed by atoms with Gasteiger partial charge in [0.05, 0.1) is 5.52 Å². The molecule has 1 aromatic carbocycles. The molecule has 21 heavy (non-hydrogen) atoms. The Bertz CT molecular complexity index is 647. The Labute approximate surface area is 125 Å². The summed E-state index contributed by atoms with van der Waals surface area (Å²) in [6.45, 7) is 2.10. The first-order valence-corrected chi connectivity index (χ1v) is 7.46. The first kappa shape index (κ1) is 14.0. The Hall–Kier alpha value is -1.94. The summed E-state index contributed by atoms with van der Waals surface area (Å²) in [6.07, 6.45) is 2.07. The van der Waals surface area contributed by atoms with Crippen molar-refractivity contribution < 1.29 is 4.79 Å². The molecule has 1 aliphatic rings. The molecule has 0 spiro atoms. The van der Waals surface area contributed by atoms with Crippen molar-refractivity contribution in [3.05, 3.63) is 42.1 Å². The van der Waals surface area contributed by atoms with Gasteiger partial charge in [0.2, 0.25) is 0 Å². The third kappa shape index (κ3) is 2.90. The van der Waals surface area contributed by atoms with Crippen molar-refractivity contribution in [3.63, 3.8) is 0 Å². The molecule has 2 heterocycles. The van der Waals surface area contributed by atoms with Crippen LogP contribution in [-0.2, 0) is 0 Å². The summed E-state index contributed by atoms with van der Waals surface area (Å²) >= 11 is 0. The van der Waals surface area contributed by atoms with Gasteiger partial charge in [-0.15, -0.1) is 0 Å². The zero-order chi connectivity index (χ0) is 14.8. The first-order valence-electron chi connectivity index (χ1n) is 7.46. The monoisotopic (exact) mass is 283 g/mol. The van der Waals surface area contributed by atoms with E-state index < -0.39 is 0 Å². The second-order valence-electron chi connectivity index (χ2n) is 5.84. The number of piperidine rings is 1. The number of carbonyl (C=O) groups is 1. The molecule has 0 N–H and O–H groups in total. The van der Waals surface area contributed by atoms with Gasteiger partial charge in [0.25, 0.3) is 5.91 Å². The molecule has 0 aliphatic carbocycles. The number of aromatic nitrogens is 1.